The second-order valence-corrected chi connectivity index (χ2v) is 5.39. The lowest BCUT2D eigenvalue weighted by atomic mass is 10.2. The smallest absolute Gasteiger partial charge is 0.277 e. The van der Waals surface area contributed by atoms with Crippen molar-refractivity contribution < 1.29 is 19.1 Å². The van der Waals surface area contributed by atoms with Crippen molar-refractivity contribution in [2.24, 2.45) is 0 Å². The van der Waals surface area contributed by atoms with E-state index in [0.717, 1.165) is 11.3 Å². The van der Waals surface area contributed by atoms with Gasteiger partial charge in [-0.15, -0.1) is 0 Å². The van der Waals surface area contributed by atoms with Gasteiger partial charge in [0, 0.05) is 11.1 Å². The van der Waals surface area contributed by atoms with E-state index >= 15 is 0 Å². The van der Waals surface area contributed by atoms with Crippen molar-refractivity contribution >= 4 is 5.91 Å². The molecule has 0 unspecified atom stereocenters. The van der Waals surface area contributed by atoms with Crippen LogP contribution in [0, 0.1) is 0 Å². The largest absolute Gasteiger partial charge is 0.497 e. The van der Waals surface area contributed by atoms with Crippen LogP contribution in [0.4, 0.5) is 0 Å². The monoisotopic (exact) mass is 313 g/mol. The number of ether oxygens (including phenoxy) is 2. The molecule has 5 nitrogen and oxygen atoms in total. The number of methoxy groups -OCH3 is 1. The molecule has 1 saturated heterocycles. The van der Waals surface area contributed by atoms with Gasteiger partial charge in [0.1, 0.15) is 5.75 Å². The average Bonchev–Trinajstić information content (AvgIpc) is 2.61. The molecule has 0 N–H and O–H groups in total. The summed E-state index contributed by atoms with van der Waals surface area (Å²) in [6, 6.07) is 16.5. The van der Waals surface area contributed by atoms with Crippen molar-refractivity contribution in [3.8, 4) is 5.75 Å². The standard InChI is InChI=1S/C18H19NO4/c1-13-12-19(17(20)14-6-4-3-5-7-14)23-18(22-13)15-8-10-16(21-2)11-9-15/h3-11,13,18H,12H2,1-2H3/t13-,18+/m0/s1. The molecule has 1 aliphatic heterocycles. The fourth-order valence-electron chi connectivity index (χ4n) is 2.43. The zero-order chi connectivity index (χ0) is 16.2. The summed E-state index contributed by atoms with van der Waals surface area (Å²) in [6.07, 6.45) is -0.735. The molecule has 0 aliphatic carbocycles. The Kier molecular flexibility index (Phi) is 4.60. The minimum Gasteiger partial charge on any atom is -0.497 e. The van der Waals surface area contributed by atoms with Gasteiger partial charge in [0.2, 0.25) is 6.29 Å². The van der Waals surface area contributed by atoms with Gasteiger partial charge in [0.05, 0.1) is 19.8 Å². The Balaban J connectivity index is 1.77. The maximum absolute atomic E-state index is 12.5. The number of hydrogen-bond acceptors (Lipinski definition) is 4. The molecular weight excluding hydrogens is 294 g/mol. The number of rotatable bonds is 3. The number of carbonyl (C=O) groups excluding carboxylic acids is 1. The van der Waals surface area contributed by atoms with E-state index in [2.05, 4.69) is 0 Å². The molecular formula is C18H19NO4. The zero-order valence-corrected chi connectivity index (χ0v) is 13.1. The van der Waals surface area contributed by atoms with Crippen LogP contribution < -0.4 is 4.74 Å². The predicted octanol–water partition coefficient (Wildman–Crippen LogP) is 3.19. The second kappa shape index (κ2) is 6.81. The topological polar surface area (TPSA) is 48.0 Å². The van der Waals surface area contributed by atoms with Gasteiger partial charge < -0.3 is 9.47 Å². The summed E-state index contributed by atoms with van der Waals surface area (Å²) in [4.78, 5) is 18.3. The molecule has 2 atom stereocenters. The van der Waals surface area contributed by atoms with Gasteiger partial charge in [-0.05, 0) is 31.2 Å². The van der Waals surface area contributed by atoms with Gasteiger partial charge in [-0.1, -0.05) is 30.3 Å². The molecule has 0 radical (unpaired) electrons. The molecule has 0 aromatic heterocycles. The summed E-state index contributed by atoms with van der Waals surface area (Å²) in [7, 11) is 1.62. The third-order valence-corrected chi connectivity index (χ3v) is 3.64. The highest BCUT2D eigenvalue weighted by atomic mass is 16.8. The second-order valence-electron chi connectivity index (χ2n) is 5.39. The van der Waals surface area contributed by atoms with Crippen LogP contribution in [0.5, 0.6) is 5.75 Å². The molecule has 120 valence electrons. The maximum atomic E-state index is 12.5. The van der Waals surface area contributed by atoms with Gasteiger partial charge in [-0.2, -0.15) is 0 Å². The quantitative estimate of drug-likeness (QED) is 0.873. The third kappa shape index (κ3) is 3.52. The molecule has 1 aliphatic rings. The molecule has 2 aromatic rings. The summed E-state index contributed by atoms with van der Waals surface area (Å²) in [5.41, 5.74) is 1.43. The van der Waals surface area contributed by atoms with Crippen LogP contribution in [-0.2, 0) is 9.57 Å². The highest BCUT2D eigenvalue weighted by molar-refractivity contribution is 5.93. The first-order chi connectivity index (χ1) is 11.2. The van der Waals surface area contributed by atoms with Crippen LogP contribution in [0.2, 0.25) is 0 Å². The Morgan fingerprint density at radius 2 is 1.83 bits per heavy atom. The van der Waals surface area contributed by atoms with Crippen molar-refractivity contribution in [3.05, 3.63) is 65.7 Å². The number of benzene rings is 2. The lowest BCUT2D eigenvalue weighted by molar-refractivity contribution is -0.320. The summed E-state index contributed by atoms with van der Waals surface area (Å²) >= 11 is 0. The fourth-order valence-corrected chi connectivity index (χ4v) is 2.43. The lowest BCUT2D eigenvalue weighted by Gasteiger charge is -2.36. The molecule has 0 saturated carbocycles. The Hall–Kier alpha value is -2.37. The molecule has 0 spiro atoms. The van der Waals surface area contributed by atoms with Gasteiger partial charge in [0.15, 0.2) is 0 Å². The maximum Gasteiger partial charge on any atom is 0.277 e. The molecule has 5 heteroatoms. The minimum atomic E-state index is -0.614. The Morgan fingerprint density at radius 3 is 2.48 bits per heavy atom. The van der Waals surface area contributed by atoms with Crippen LogP contribution in [-0.4, -0.2) is 30.7 Å². The summed E-state index contributed by atoms with van der Waals surface area (Å²) in [5, 5.41) is 1.37. The molecule has 1 amide bonds. The third-order valence-electron chi connectivity index (χ3n) is 3.64. The highest BCUT2D eigenvalue weighted by Gasteiger charge is 2.31. The van der Waals surface area contributed by atoms with Crippen LogP contribution in [0.15, 0.2) is 54.6 Å². The molecule has 0 bridgehead atoms. The van der Waals surface area contributed by atoms with E-state index in [9.17, 15) is 4.79 Å². The van der Waals surface area contributed by atoms with Crippen molar-refractivity contribution in [2.45, 2.75) is 19.3 Å². The number of hydrogen-bond donors (Lipinski definition) is 0. The fraction of sp³-hybridized carbons (Fsp3) is 0.278. The van der Waals surface area contributed by atoms with E-state index in [0.29, 0.717) is 12.1 Å². The van der Waals surface area contributed by atoms with Crippen LogP contribution >= 0.6 is 0 Å². The molecule has 3 rings (SSSR count). The predicted molar refractivity (Wildman–Crippen MR) is 84.8 cm³/mol. The highest BCUT2D eigenvalue weighted by Crippen LogP contribution is 2.28. The Labute approximate surface area is 135 Å². The number of hydroxylamine groups is 2. The first kappa shape index (κ1) is 15.5. The van der Waals surface area contributed by atoms with Crippen molar-refractivity contribution in [3.63, 3.8) is 0 Å². The molecule has 1 fully saturated rings. The minimum absolute atomic E-state index is 0.122. The molecule has 1 heterocycles. The number of nitrogens with zero attached hydrogens (tertiary/aromatic N) is 1. The molecule has 2 aromatic carbocycles. The van der Waals surface area contributed by atoms with E-state index in [4.69, 9.17) is 14.3 Å². The summed E-state index contributed by atoms with van der Waals surface area (Å²) < 4.78 is 11.0. The number of amides is 1. The van der Waals surface area contributed by atoms with Gasteiger partial charge in [-0.3, -0.25) is 4.79 Å². The normalized spacial score (nSPS) is 21.0. The van der Waals surface area contributed by atoms with E-state index in [1.54, 1.807) is 19.2 Å². The van der Waals surface area contributed by atoms with Crippen molar-refractivity contribution in [2.75, 3.05) is 13.7 Å². The van der Waals surface area contributed by atoms with E-state index in [1.807, 2.05) is 49.4 Å². The van der Waals surface area contributed by atoms with Gasteiger partial charge in [-0.25, -0.2) is 9.90 Å². The SMILES string of the molecule is COc1ccc([C@@H]2O[C@@H](C)CN(C(=O)c3ccccc3)O2)cc1. The van der Waals surface area contributed by atoms with Crippen LogP contribution in [0.1, 0.15) is 29.1 Å². The van der Waals surface area contributed by atoms with Crippen LogP contribution in [0.25, 0.3) is 0 Å². The van der Waals surface area contributed by atoms with E-state index in [-0.39, 0.29) is 12.0 Å². The summed E-state index contributed by atoms with van der Waals surface area (Å²) in [5.74, 6) is 0.592. The Bertz CT molecular complexity index is 656. The lowest BCUT2D eigenvalue weighted by Crippen LogP contribution is -2.44. The molecule has 23 heavy (non-hydrogen) atoms. The average molecular weight is 313 g/mol. The van der Waals surface area contributed by atoms with Crippen molar-refractivity contribution in [1.29, 1.82) is 0 Å². The zero-order valence-electron chi connectivity index (χ0n) is 13.1. The summed E-state index contributed by atoms with van der Waals surface area (Å²) in [6.45, 7) is 2.31. The van der Waals surface area contributed by atoms with Gasteiger partial charge >= 0.3 is 0 Å². The van der Waals surface area contributed by atoms with E-state index in [1.165, 1.54) is 5.06 Å². The van der Waals surface area contributed by atoms with Crippen LogP contribution in [0.3, 0.4) is 0 Å². The first-order valence-corrected chi connectivity index (χ1v) is 7.50. The van der Waals surface area contributed by atoms with E-state index < -0.39 is 6.29 Å². The number of carbonyl (C=O) groups is 1. The van der Waals surface area contributed by atoms with Gasteiger partial charge in [0.25, 0.3) is 5.91 Å². The van der Waals surface area contributed by atoms with Crippen molar-refractivity contribution in [1.82, 2.24) is 5.06 Å². The first-order valence-electron chi connectivity index (χ1n) is 7.50. The Morgan fingerprint density at radius 1 is 1.13 bits per heavy atom.